The van der Waals surface area contributed by atoms with Gasteiger partial charge in [-0.1, -0.05) is 11.6 Å². The van der Waals surface area contributed by atoms with Gasteiger partial charge in [-0.05, 0) is 18.2 Å². The van der Waals surface area contributed by atoms with Gasteiger partial charge in [0.15, 0.2) is 0 Å². The zero-order valence-corrected chi connectivity index (χ0v) is 9.60. The summed E-state index contributed by atoms with van der Waals surface area (Å²) in [7, 11) is 0. The van der Waals surface area contributed by atoms with Crippen LogP contribution in [0.1, 0.15) is 10.4 Å². The van der Waals surface area contributed by atoms with Gasteiger partial charge >= 0.3 is 0 Å². The highest BCUT2D eigenvalue weighted by atomic mass is 35.5. The molecule has 5 N–H and O–H groups in total. The van der Waals surface area contributed by atoms with Gasteiger partial charge in [0.25, 0.3) is 5.92 Å². The first-order chi connectivity index (χ1) is 7.85. The van der Waals surface area contributed by atoms with E-state index in [0.29, 0.717) is 5.69 Å². The third-order valence-electron chi connectivity index (χ3n) is 2.09. The molecule has 0 spiro atoms. The van der Waals surface area contributed by atoms with Gasteiger partial charge in [0.05, 0.1) is 23.8 Å². The lowest BCUT2D eigenvalue weighted by Crippen LogP contribution is -2.35. The summed E-state index contributed by atoms with van der Waals surface area (Å²) in [6.07, 6.45) is 0. The monoisotopic (exact) mass is 263 g/mol. The molecule has 0 atom stereocenters. The second-order valence-corrected chi connectivity index (χ2v) is 3.88. The lowest BCUT2D eigenvalue weighted by molar-refractivity contribution is 0.0254. The van der Waals surface area contributed by atoms with E-state index in [0.717, 1.165) is 0 Å². The van der Waals surface area contributed by atoms with Crippen molar-refractivity contribution in [1.29, 1.82) is 0 Å². The topological polar surface area (TPSA) is 81.1 Å². The second-order valence-electron chi connectivity index (χ2n) is 3.47. The molecule has 0 fully saturated rings. The smallest absolute Gasteiger partial charge is 0.276 e. The Bertz CT molecular complexity index is 426. The number of nitrogens with two attached hydrogens (primary N) is 2. The summed E-state index contributed by atoms with van der Waals surface area (Å²) in [5.74, 6) is -3.64. The zero-order valence-electron chi connectivity index (χ0n) is 8.84. The van der Waals surface area contributed by atoms with Crippen LogP contribution in [0.2, 0.25) is 5.02 Å². The van der Waals surface area contributed by atoms with Crippen LogP contribution in [-0.4, -0.2) is 24.9 Å². The van der Waals surface area contributed by atoms with Crippen LogP contribution < -0.4 is 16.8 Å². The molecule has 0 saturated carbocycles. The molecule has 0 heterocycles. The molecule has 4 nitrogen and oxygen atoms in total. The molecule has 1 aromatic carbocycles. The van der Waals surface area contributed by atoms with E-state index in [1.807, 2.05) is 0 Å². The van der Waals surface area contributed by atoms with Crippen molar-refractivity contribution in [2.45, 2.75) is 5.92 Å². The minimum atomic E-state index is -3.01. The van der Waals surface area contributed by atoms with Crippen LogP contribution in [0.25, 0.3) is 0 Å². The molecule has 0 aliphatic carbocycles. The first kappa shape index (κ1) is 13.7. The molecule has 0 saturated heterocycles. The molecule has 0 aliphatic heterocycles. The van der Waals surface area contributed by atoms with Gasteiger partial charge in [0, 0.05) is 5.56 Å². The SMILES string of the molecule is NCC(F)(F)CNc1ccc(C(N)=O)cc1Cl. The fourth-order valence-corrected chi connectivity index (χ4v) is 1.36. The summed E-state index contributed by atoms with van der Waals surface area (Å²) in [4.78, 5) is 10.8. The number of rotatable bonds is 5. The van der Waals surface area contributed by atoms with Gasteiger partial charge in [-0.3, -0.25) is 4.79 Å². The minimum Gasteiger partial charge on any atom is -0.378 e. The Morgan fingerprint density at radius 2 is 2.12 bits per heavy atom. The second kappa shape index (κ2) is 5.29. The van der Waals surface area contributed by atoms with E-state index in [4.69, 9.17) is 23.1 Å². The van der Waals surface area contributed by atoms with E-state index < -0.39 is 24.9 Å². The Morgan fingerprint density at radius 1 is 1.47 bits per heavy atom. The van der Waals surface area contributed by atoms with E-state index in [-0.39, 0.29) is 10.6 Å². The Labute approximate surface area is 102 Å². The third kappa shape index (κ3) is 3.83. The Balaban J connectivity index is 2.77. The maximum absolute atomic E-state index is 12.9. The average Bonchev–Trinajstić information content (AvgIpc) is 2.27. The fraction of sp³-hybridized carbons (Fsp3) is 0.300. The molecule has 1 amide bonds. The number of benzene rings is 1. The van der Waals surface area contributed by atoms with Gasteiger partial charge in [-0.25, -0.2) is 8.78 Å². The maximum Gasteiger partial charge on any atom is 0.276 e. The van der Waals surface area contributed by atoms with E-state index in [1.54, 1.807) is 0 Å². The van der Waals surface area contributed by atoms with Crippen molar-refractivity contribution >= 4 is 23.2 Å². The fourth-order valence-electron chi connectivity index (χ4n) is 1.11. The van der Waals surface area contributed by atoms with Crippen molar-refractivity contribution < 1.29 is 13.6 Å². The molecule has 17 heavy (non-hydrogen) atoms. The Kier molecular flexibility index (Phi) is 4.25. The summed E-state index contributed by atoms with van der Waals surface area (Å²) in [5.41, 5.74) is 10.4. The van der Waals surface area contributed by atoms with Crippen molar-refractivity contribution in [2.75, 3.05) is 18.4 Å². The molecule has 1 rings (SSSR count). The van der Waals surface area contributed by atoms with Crippen LogP contribution in [0.4, 0.5) is 14.5 Å². The summed E-state index contributed by atoms with van der Waals surface area (Å²) < 4.78 is 25.7. The van der Waals surface area contributed by atoms with Crippen molar-refractivity contribution in [2.24, 2.45) is 11.5 Å². The van der Waals surface area contributed by atoms with Gasteiger partial charge < -0.3 is 16.8 Å². The first-order valence-electron chi connectivity index (χ1n) is 4.77. The van der Waals surface area contributed by atoms with Crippen molar-refractivity contribution in [1.82, 2.24) is 0 Å². The quantitative estimate of drug-likeness (QED) is 0.752. The highest BCUT2D eigenvalue weighted by Gasteiger charge is 2.26. The van der Waals surface area contributed by atoms with Gasteiger partial charge in [0.1, 0.15) is 0 Å². The number of halogens is 3. The molecule has 94 valence electrons. The van der Waals surface area contributed by atoms with Crippen molar-refractivity contribution in [3.63, 3.8) is 0 Å². The summed E-state index contributed by atoms with van der Waals surface area (Å²) in [6, 6.07) is 4.12. The minimum absolute atomic E-state index is 0.147. The summed E-state index contributed by atoms with van der Waals surface area (Å²) in [6.45, 7) is -1.38. The van der Waals surface area contributed by atoms with Crippen molar-refractivity contribution in [3.05, 3.63) is 28.8 Å². The normalized spacial score (nSPS) is 11.3. The number of amides is 1. The lowest BCUT2D eigenvalue weighted by Gasteiger charge is -2.16. The van der Waals surface area contributed by atoms with Crippen LogP contribution in [0.3, 0.4) is 0 Å². The molecular weight excluding hydrogens is 252 g/mol. The zero-order chi connectivity index (χ0) is 13.1. The number of hydrogen-bond donors (Lipinski definition) is 3. The predicted octanol–water partition coefficient (Wildman–Crippen LogP) is 1.44. The van der Waals surface area contributed by atoms with Crippen molar-refractivity contribution in [3.8, 4) is 0 Å². The number of alkyl halides is 2. The molecule has 0 unspecified atom stereocenters. The number of anilines is 1. The van der Waals surface area contributed by atoms with Gasteiger partial charge in [-0.15, -0.1) is 0 Å². The van der Waals surface area contributed by atoms with Gasteiger partial charge in [-0.2, -0.15) is 0 Å². The molecule has 0 aromatic heterocycles. The molecule has 0 aliphatic rings. The lowest BCUT2D eigenvalue weighted by atomic mass is 10.2. The van der Waals surface area contributed by atoms with E-state index in [2.05, 4.69) is 5.32 Å². The molecule has 0 bridgehead atoms. The van der Waals surface area contributed by atoms with Crippen LogP contribution in [-0.2, 0) is 0 Å². The predicted molar refractivity (Wildman–Crippen MR) is 62.5 cm³/mol. The molecule has 1 aromatic rings. The average molecular weight is 264 g/mol. The number of carbonyl (C=O) groups is 1. The Hall–Kier alpha value is -1.40. The molecule has 7 heteroatoms. The number of carbonyl (C=O) groups excluding carboxylic acids is 1. The number of primary amides is 1. The highest BCUT2D eigenvalue weighted by Crippen LogP contribution is 2.24. The van der Waals surface area contributed by atoms with Crippen LogP contribution >= 0.6 is 11.6 Å². The highest BCUT2D eigenvalue weighted by molar-refractivity contribution is 6.33. The Morgan fingerprint density at radius 3 is 2.59 bits per heavy atom. The third-order valence-corrected chi connectivity index (χ3v) is 2.40. The van der Waals surface area contributed by atoms with E-state index in [1.165, 1.54) is 18.2 Å². The van der Waals surface area contributed by atoms with Crippen LogP contribution in [0, 0.1) is 0 Å². The maximum atomic E-state index is 12.9. The van der Waals surface area contributed by atoms with E-state index in [9.17, 15) is 13.6 Å². The summed E-state index contributed by atoms with van der Waals surface area (Å²) >= 11 is 5.80. The largest absolute Gasteiger partial charge is 0.378 e. The molecular formula is C10H12ClF2N3O. The standard InChI is InChI=1S/C10H12ClF2N3O/c11-7-3-6(9(15)17)1-2-8(7)16-5-10(12,13)4-14/h1-3,16H,4-5,14H2,(H2,15,17). The summed E-state index contributed by atoms with van der Waals surface area (Å²) in [5, 5.41) is 2.60. The first-order valence-corrected chi connectivity index (χ1v) is 5.14. The van der Waals surface area contributed by atoms with Crippen LogP contribution in [0.15, 0.2) is 18.2 Å². The number of nitrogens with one attached hydrogen (secondary N) is 1. The molecule has 0 radical (unpaired) electrons. The van der Waals surface area contributed by atoms with Gasteiger partial charge in [0.2, 0.25) is 5.91 Å². The number of hydrogen-bond acceptors (Lipinski definition) is 3. The van der Waals surface area contributed by atoms with Crippen LogP contribution in [0.5, 0.6) is 0 Å². The van der Waals surface area contributed by atoms with E-state index >= 15 is 0 Å².